The van der Waals surface area contributed by atoms with Crippen LogP contribution < -0.4 is 15.4 Å². The maximum Gasteiger partial charge on any atom is 0.258 e. The van der Waals surface area contributed by atoms with E-state index in [-0.39, 0.29) is 28.9 Å². The maximum absolute atomic E-state index is 14.4. The SMILES string of the molecule is O=C(Nc1cc2c(Nc3ccc(F)c(Cl)c3)ncnc2cc1OCCCN1CCOCC1)c1cc(F)cc(F)c1F. The topological polar surface area (TPSA) is 88.6 Å². The Hall–Kier alpha value is -4.00. The van der Waals surface area contributed by atoms with Crippen molar-refractivity contribution in [1.29, 1.82) is 0 Å². The highest BCUT2D eigenvalue weighted by molar-refractivity contribution is 6.31. The van der Waals surface area contributed by atoms with Crippen LogP contribution in [0.1, 0.15) is 16.8 Å². The Kier molecular flexibility index (Phi) is 8.81. The lowest BCUT2D eigenvalue weighted by atomic mass is 10.1. The van der Waals surface area contributed by atoms with E-state index < -0.39 is 34.7 Å². The molecule has 3 aromatic carbocycles. The molecule has 8 nitrogen and oxygen atoms in total. The number of rotatable bonds is 9. The van der Waals surface area contributed by atoms with Gasteiger partial charge in [-0.2, -0.15) is 0 Å². The smallest absolute Gasteiger partial charge is 0.258 e. The van der Waals surface area contributed by atoms with Gasteiger partial charge in [-0.1, -0.05) is 11.6 Å². The minimum Gasteiger partial charge on any atom is -0.491 e. The van der Waals surface area contributed by atoms with E-state index in [4.69, 9.17) is 21.1 Å². The average Bonchev–Trinajstić information content (AvgIpc) is 2.96. The van der Waals surface area contributed by atoms with Crippen molar-refractivity contribution in [3.05, 3.63) is 82.6 Å². The quantitative estimate of drug-likeness (QED) is 0.142. The summed E-state index contributed by atoms with van der Waals surface area (Å²) in [5.41, 5.74) is 0.139. The number of carbonyl (C=O) groups is 1. The molecule has 0 atom stereocenters. The fourth-order valence-corrected chi connectivity index (χ4v) is 4.50. The molecular formula is C28H24ClF4N5O3. The van der Waals surface area contributed by atoms with E-state index >= 15 is 0 Å². The average molecular weight is 590 g/mol. The molecule has 0 unspecified atom stereocenters. The third-order valence-corrected chi connectivity index (χ3v) is 6.67. The second kappa shape index (κ2) is 12.7. The van der Waals surface area contributed by atoms with E-state index in [2.05, 4.69) is 25.5 Å². The normalized spacial score (nSPS) is 13.8. The summed E-state index contributed by atoms with van der Waals surface area (Å²) in [4.78, 5) is 23.7. The molecule has 1 fully saturated rings. The molecule has 0 radical (unpaired) electrons. The maximum atomic E-state index is 14.4. The van der Waals surface area contributed by atoms with Gasteiger partial charge in [0.2, 0.25) is 0 Å². The molecule has 0 bridgehead atoms. The van der Waals surface area contributed by atoms with Crippen molar-refractivity contribution in [2.24, 2.45) is 0 Å². The van der Waals surface area contributed by atoms with Gasteiger partial charge in [0.15, 0.2) is 11.6 Å². The van der Waals surface area contributed by atoms with E-state index in [1.54, 1.807) is 6.07 Å². The number of fused-ring (bicyclic) bond motifs is 1. The van der Waals surface area contributed by atoms with Crippen LogP contribution in [0.4, 0.5) is 34.8 Å². The van der Waals surface area contributed by atoms with Crippen molar-refractivity contribution in [1.82, 2.24) is 14.9 Å². The lowest BCUT2D eigenvalue weighted by Crippen LogP contribution is -2.37. The van der Waals surface area contributed by atoms with E-state index in [1.165, 1.54) is 30.6 Å². The van der Waals surface area contributed by atoms with Gasteiger partial charge in [-0.05, 0) is 36.8 Å². The number of amides is 1. The first kappa shape index (κ1) is 28.5. The van der Waals surface area contributed by atoms with Gasteiger partial charge >= 0.3 is 0 Å². The van der Waals surface area contributed by atoms with Crippen molar-refractivity contribution in [3.63, 3.8) is 0 Å². The van der Waals surface area contributed by atoms with Crippen LogP contribution in [0.2, 0.25) is 5.02 Å². The monoisotopic (exact) mass is 589 g/mol. The van der Waals surface area contributed by atoms with Crippen LogP contribution in [0.15, 0.2) is 48.8 Å². The Bertz CT molecular complexity index is 1590. The van der Waals surface area contributed by atoms with Crippen LogP contribution in [0, 0.1) is 23.3 Å². The Balaban J connectivity index is 1.45. The summed E-state index contributed by atoms with van der Waals surface area (Å²) in [7, 11) is 0. The van der Waals surface area contributed by atoms with Gasteiger partial charge in [0.05, 0.1) is 41.6 Å². The standard InChI is InChI=1S/C28H24ClF4N5O3/c29-20-12-17(2-3-21(20)31)36-27-18-13-24(37-28(39)19-10-16(30)11-22(32)26(19)33)25(14-23(18)34-15-35-27)41-7-1-4-38-5-8-40-9-6-38/h2-3,10-15H,1,4-9H2,(H,37,39)(H,34,35,36). The fraction of sp³-hybridized carbons (Fsp3) is 0.250. The third-order valence-electron chi connectivity index (χ3n) is 6.38. The zero-order chi connectivity index (χ0) is 28.9. The summed E-state index contributed by atoms with van der Waals surface area (Å²) in [6.45, 7) is 4.01. The van der Waals surface area contributed by atoms with Crippen LogP contribution in [-0.2, 0) is 4.74 Å². The molecule has 1 aliphatic heterocycles. The minimum absolute atomic E-state index is 0.0907. The fourth-order valence-electron chi connectivity index (χ4n) is 4.32. The first-order valence-electron chi connectivity index (χ1n) is 12.7. The summed E-state index contributed by atoms with van der Waals surface area (Å²) in [5, 5.41) is 5.84. The lowest BCUT2D eigenvalue weighted by molar-refractivity contribution is 0.0358. The molecule has 1 aliphatic rings. The minimum atomic E-state index is -1.49. The van der Waals surface area contributed by atoms with E-state index in [1.807, 2.05) is 0 Å². The molecule has 41 heavy (non-hydrogen) atoms. The predicted octanol–water partition coefficient (Wildman–Crippen LogP) is 5.94. The number of anilines is 3. The molecule has 1 amide bonds. The van der Waals surface area contributed by atoms with Gasteiger partial charge < -0.3 is 20.1 Å². The van der Waals surface area contributed by atoms with Gasteiger partial charge in [-0.3, -0.25) is 9.69 Å². The highest BCUT2D eigenvalue weighted by atomic mass is 35.5. The van der Waals surface area contributed by atoms with Crippen molar-refractivity contribution in [2.75, 3.05) is 50.1 Å². The largest absolute Gasteiger partial charge is 0.491 e. The van der Waals surface area contributed by atoms with Crippen LogP contribution in [-0.4, -0.2) is 60.2 Å². The second-order valence-electron chi connectivity index (χ2n) is 9.20. The van der Waals surface area contributed by atoms with E-state index in [0.717, 1.165) is 19.6 Å². The van der Waals surface area contributed by atoms with Crippen molar-refractivity contribution >= 4 is 45.6 Å². The van der Waals surface area contributed by atoms with Gasteiger partial charge in [-0.25, -0.2) is 27.5 Å². The summed E-state index contributed by atoms with van der Waals surface area (Å²) in [6.07, 6.45) is 1.97. The van der Waals surface area contributed by atoms with Crippen LogP contribution >= 0.6 is 11.6 Å². The predicted molar refractivity (Wildman–Crippen MR) is 146 cm³/mol. The highest BCUT2D eigenvalue weighted by Gasteiger charge is 2.21. The molecule has 1 aromatic heterocycles. The molecule has 0 spiro atoms. The molecule has 2 heterocycles. The van der Waals surface area contributed by atoms with Gasteiger partial charge in [0.1, 0.15) is 29.5 Å². The Morgan fingerprint density at radius 1 is 1.02 bits per heavy atom. The molecule has 1 saturated heterocycles. The molecule has 0 saturated carbocycles. The summed E-state index contributed by atoms with van der Waals surface area (Å²) < 4.78 is 66.9. The number of nitrogens with one attached hydrogen (secondary N) is 2. The van der Waals surface area contributed by atoms with Crippen molar-refractivity contribution < 1.29 is 31.8 Å². The summed E-state index contributed by atoms with van der Waals surface area (Å²) in [5.74, 6) is -5.27. The number of halogens is 5. The molecule has 5 rings (SSSR count). The second-order valence-corrected chi connectivity index (χ2v) is 9.61. The summed E-state index contributed by atoms with van der Waals surface area (Å²) in [6, 6.07) is 8.04. The molecule has 4 aromatic rings. The van der Waals surface area contributed by atoms with Gasteiger partial charge in [0, 0.05) is 42.8 Å². The van der Waals surface area contributed by atoms with E-state index in [9.17, 15) is 22.4 Å². The van der Waals surface area contributed by atoms with Crippen LogP contribution in [0.25, 0.3) is 10.9 Å². The Labute approximate surface area is 237 Å². The number of benzene rings is 3. The molecular weight excluding hydrogens is 566 g/mol. The number of nitrogens with zero attached hydrogens (tertiary/aromatic N) is 3. The van der Waals surface area contributed by atoms with Gasteiger partial charge in [-0.15, -0.1) is 0 Å². The number of carbonyl (C=O) groups excluding carboxylic acids is 1. The van der Waals surface area contributed by atoms with Gasteiger partial charge in [0.25, 0.3) is 5.91 Å². The summed E-state index contributed by atoms with van der Waals surface area (Å²) >= 11 is 5.90. The highest BCUT2D eigenvalue weighted by Crippen LogP contribution is 2.34. The Morgan fingerprint density at radius 2 is 1.83 bits per heavy atom. The Morgan fingerprint density at radius 3 is 2.61 bits per heavy atom. The molecule has 2 N–H and O–H groups in total. The number of ether oxygens (including phenoxy) is 2. The first-order chi connectivity index (χ1) is 19.8. The van der Waals surface area contributed by atoms with E-state index in [0.29, 0.717) is 48.4 Å². The molecule has 214 valence electrons. The number of hydrogen-bond acceptors (Lipinski definition) is 7. The van der Waals surface area contributed by atoms with Crippen molar-refractivity contribution in [3.8, 4) is 5.75 Å². The van der Waals surface area contributed by atoms with Crippen LogP contribution in [0.3, 0.4) is 0 Å². The third kappa shape index (κ3) is 6.84. The molecule has 0 aliphatic carbocycles. The van der Waals surface area contributed by atoms with Crippen LogP contribution in [0.5, 0.6) is 5.75 Å². The van der Waals surface area contributed by atoms with Crippen molar-refractivity contribution in [2.45, 2.75) is 6.42 Å². The zero-order valence-electron chi connectivity index (χ0n) is 21.5. The molecule has 13 heteroatoms. The zero-order valence-corrected chi connectivity index (χ0v) is 22.3. The first-order valence-corrected chi connectivity index (χ1v) is 13.1. The number of aromatic nitrogens is 2. The number of hydrogen-bond donors (Lipinski definition) is 2. The number of morpholine rings is 1. The lowest BCUT2D eigenvalue weighted by Gasteiger charge is -2.26.